The first-order chi connectivity index (χ1) is 27.3. The molecule has 0 spiro atoms. The minimum Gasteiger partial charge on any atom is -0.445 e. The first-order valence-corrected chi connectivity index (χ1v) is 19.4. The van der Waals surface area contributed by atoms with Crippen LogP contribution in [0.1, 0.15) is 60.3 Å². The standard InChI is InChI=1S/C42H50N6O8/c43-20-10-9-15-31(38(50)39-45-33-16-7-8-17-37(33)56-39)25-36(49)35-26-32(55-42(53)47-23-21-44-22-24-47)27-48(35)40(51)34(19-18-29-11-3-1-4-12-29)46-41(52)54-28-30-13-5-2-6-14-30/h1-8,11-14,16-17,31-32,34-35,44H,9-10,15,18-28,43H2,(H,46,52)/t31-,32-,34-,35+/m1/s1. The predicted octanol–water partition coefficient (Wildman–Crippen LogP) is 4.65. The van der Waals surface area contributed by atoms with Gasteiger partial charge in [0.1, 0.15) is 24.3 Å². The highest BCUT2D eigenvalue weighted by Gasteiger charge is 2.45. The van der Waals surface area contributed by atoms with Crippen molar-refractivity contribution in [2.24, 2.45) is 11.7 Å². The number of hydrogen-bond acceptors (Lipinski definition) is 11. The summed E-state index contributed by atoms with van der Waals surface area (Å²) in [5.41, 5.74) is 8.50. The number of amides is 3. The van der Waals surface area contributed by atoms with Gasteiger partial charge in [0.25, 0.3) is 5.89 Å². The number of Topliss-reactive ketones (excluding diaryl/α,β-unsaturated/α-hetero) is 2. The van der Waals surface area contributed by atoms with Crippen LogP contribution in [0.15, 0.2) is 89.3 Å². The molecule has 2 fully saturated rings. The average molecular weight is 767 g/mol. The Morgan fingerprint density at radius 1 is 0.893 bits per heavy atom. The number of benzene rings is 3. The molecule has 4 atom stereocenters. The van der Waals surface area contributed by atoms with E-state index in [4.69, 9.17) is 19.6 Å². The summed E-state index contributed by atoms with van der Waals surface area (Å²) < 4.78 is 17.2. The summed E-state index contributed by atoms with van der Waals surface area (Å²) in [6.07, 6.45) is 0.00792. The van der Waals surface area contributed by atoms with Crippen LogP contribution >= 0.6 is 0 Å². The van der Waals surface area contributed by atoms with Crippen LogP contribution in [0.2, 0.25) is 0 Å². The molecule has 0 aliphatic carbocycles. The molecular weight excluding hydrogens is 716 g/mol. The lowest BCUT2D eigenvalue weighted by Gasteiger charge is -2.29. The van der Waals surface area contributed by atoms with Crippen molar-refractivity contribution in [1.29, 1.82) is 0 Å². The quantitative estimate of drug-likeness (QED) is 0.100. The number of nitrogens with two attached hydrogens (primary N) is 1. The predicted molar refractivity (Wildman–Crippen MR) is 208 cm³/mol. The Morgan fingerprint density at radius 3 is 2.30 bits per heavy atom. The molecule has 0 radical (unpaired) electrons. The Bertz CT molecular complexity index is 1900. The molecule has 0 unspecified atom stereocenters. The Balaban J connectivity index is 1.23. The number of ketones is 2. The number of rotatable bonds is 17. The topological polar surface area (TPSA) is 186 Å². The molecule has 0 bridgehead atoms. The van der Waals surface area contributed by atoms with Crippen molar-refractivity contribution in [3.05, 3.63) is 102 Å². The number of aryl methyl sites for hydroxylation is 1. The lowest BCUT2D eigenvalue weighted by atomic mass is 9.89. The molecule has 6 rings (SSSR count). The highest BCUT2D eigenvalue weighted by atomic mass is 16.6. The SMILES string of the molecule is NCCCC[C@H](CC(=O)[C@@H]1C[C@@H](OC(=O)N2CCNCC2)CN1C(=O)[C@@H](CCc1ccccc1)NC(=O)OCc1ccccc1)C(=O)c1nc2ccccc2o1. The Hall–Kier alpha value is -5.60. The second-order valence-electron chi connectivity index (χ2n) is 14.3. The van der Waals surface area contributed by atoms with E-state index in [0.717, 1.165) is 11.1 Å². The van der Waals surface area contributed by atoms with E-state index in [2.05, 4.69) is 15.6 Å². The molecule has 4 N–H and O–H groups in total. The summed E-state index contributed by atoms with van der Waals surface area (Å²) in [5.74, 6) is -2.16. The van der Waals surface area contributed by atoms with Gasteiger partial charge in [-0.3, -0.25) is 14.4 Å². The smallest absolute Gasteiger partial charge is 0.410 e. The molecule has 14 nitrogen and oxygen atoms in total. The minimum absolute atomic E-state index is 0.000794. The van der Waals surface area contributed by atoms with Gasteiger partial charge in [0, 0.05) is 44.9 Å². The number of nitrogens with one attached hydrogen (secondary N) is 2. The fourth-order valence-corrected chi connectivity index (χ4v) is 7.21. The van der Waals surface area contributed by atoms with E-state index in [1.807, 2.05) is 60.7 Å². The molecule has 4 aromatic rings. The number of ether oxygens (including phenoxy) is 2. The number of unbranched alkanes of at least 4 members (excludes halogenated alkanes) is 1. The number of aromatic nitrogens is 1. The van der Waals surface area contributed by atoms with Crippen LogP contribution < -0.4 is 16.4 Å². The van der Waals surface area contributed by atoms with Gasteiger partial charge in [-0.05, 0) is 55.5 Å². The van der Waals surface area contributed by atoms with Crippen LogP contribution in [0.5, 0.6) is 0 Å². The maximum absolute atomic E-state index is 14.6. The van der Waals surface area contributed by atoms with E-state index in [-0.39, 0.29) is 44.1 Å². The van der Waals surface area contributed by atoms with Crippen molar-refractivity contribution in [1.82, 2.24) is 25.4 Å². The first kappa shape index (κ1) is 40.1. The Labute approximate surface area is 326 Å². The number of oxazole rings is 1. The molecular formula is C42H50N6O8. The number of nitrogens with zero attached hydrogens (tertiary/aromatic N) is 3. The van der Waals surface area contributed by atoms with Crippen molar-refractivity contribution in [3.8, 4) is 0 Å². The van der Waals surface area contributed by atoms with Gasteiger partial charge in [-0.1, -0.05) is 79.2 Å². The molecule has 2 aliphatic heterocycles. The largest absolute Gasteiger partial charge is 0.445 e. The molecule has 3 heterocycles. The van der Waals surface area contributed by atoms with Crippen molar-refractivity contribution in [2.45, 2.75) is 69.7 Å². The second-order valence-corrected chi connectivity index (χ2v) is 14.3. The van der Waals surface area contributed by atoms with Crippen LogP contribution in [0.3, 0.4) is 0 Å². The van der Waals surface area contributed by atoms with Gasteiger partial charge in [0.2, 0.25) is 11.7 Å². The van der Waals surface area contributed by atoms with E-state index < -0.39 is 48.0 Å². The summed E-state index contributed by atoms with van der Waals surface area (Å²) in [6, 6.07) is 23.7. The number of piperazine rings is 1. The molecule has 56 heavy (non-hydrogen) atoms. The maximum atomic E-state index is 14.6. The number of para-hydroxylation sites is 2. The van der Waals surface area contributed by atoms with Gasteiger partial charge in [-0.25, -0.2) is 14.6 Å². The van der Waals surface area contributed by atoms with E-state index in [0.29, 0.717) is 69.5 Å². The average Bonchev–Trinajstić information content (AvgIpc) is 3.87. The maximum Gasteiger partial charge on any atom is 0.410 e. The van der Waals surface area contributed by atoms with E-state index in [1.54, 1.807) is 29.2 Å². The van der Waals surface area contributed by atoms with Crippen molar-refractivity contribution in [2.75, 3.05) is 39.3 Å². The van der Waals surface area contributed by atoms with Crippen LogP contribution in [-0.4, -0.2) is 102 Å². The Morgan fingerprint density at radius 2 is 1.59 bits per heavy atom. The van der Waals surface area contributed by atoms with Crippen molar-refractivity contribution >= 4 is 40.8 Å². The zero-order chi connectivity index (χ0) is 39.3. The second kappa shape index (κ2) is 19.8. The van der Waals surface area contributed by atoms with Crippen molar-refractivity contribution in [3.63, 3.8) is 0 Å². The minimum atomic E-state index is -1.07. The number of likely N-dealkylation sites (tertiary alicyclic amines) is 1. The zero-order valence-corrected chi connectivity index (χ0v) is 31.5. The van der Waals surface area contributed by atoms with Gasteiger partial charge in [-0.15, -0.1) is 0 Å². The number of fused-ring (bicyclic) bond motifs is 1. The summed E-state index contributed by atoms with van der Waals surface area (Å²) in [5, 5.41) is 5.96. The van der Waals surface area contributed by atoms with Crippen molar-refractivity contribution < 1.29 is 37.9 Å². The van der Waals surface area contributed by atoms with E-state index in [1.165, 1.54) is 4.90 Å². The molecule has 2 saturated heterocycles. The summed E-state index contributed by atoms with van der Waals surface area (Å²) in [6.45, 7) is 2.55. The first-order valence-electron chi connectivity index (χ1n) is 19.4. The molecule has 1 aromatic heterocycles. The third kappa shape index (κ3) is 10.8. The van der Waals surface area contributed by atoms with E-state index >= 15 is 0 Å². The van der Waals surface area contributed by atoms with Crippen LogP contribution in [-0.2, 0) is 32.1 Å². The molecule has 296 valence electrons. The lowest BCUT2D eigenvalue weighted by Crippen LogP contribution is -2.52. The summed E-state index contributed by atoms with van der Waals surface area (Å²) >= 11 is 0. The van der Waals surface area contributed by atoms with Gasteiger partial charge in [-0.2, -0.15) is 0 Å². The van der Waals surface area contributed by atoms with Crippen LogP contribution in [0.4, 0.5) is 9.59 Å². The summed E-state index contributed by atoms with van der Waals surface area (Å²) in [7, 11) is 0. The number of hydrogen-bond donors (Lipinski definition) is 3. The third-order valence-electron chi connectivity index (χ3n) is 10.3. The van der Waals surface area contributed by atoms with Gasteiger partial charge >= 0.3 is 12.2 Å². The van der Waals surface area contributed by atoms with Gasteiger partial charge in [0.15, 0.2) is 11.4 Å². The van der Waals surface area contributed by atoms with E-state index in [9.17, 15) is 24.0 Å². The number of carbonyl (C=O) groups excluding carboxylic acids is 5. The highest BCUT2D eigenvalue weighted by molar-refractivity contribution is 6.00. The Kier molecular flexibility index (Phi) is 14.2. The van der Waals surface area contributed by atoms with Crippen LogP contribution in [0, 0.1) is 5.92 Å². The fraction of sp³-hybridized carbons (Fsp3) is 0.429. The molecule has 3 amide bonds. The van der Waals surface area contributed by atoms with Gasteiger partial charge < -0.3 is 40.1 Å². The monoisotopic (exact) mass is 766 g/mol. The lowest BCUT2D eigenvalue weighted by molar-refractivity contribution is -0.139. The fourth-order valence-electron chi connectivity index (χ4n) is 7.21. The molecule has 14 heteroatoms. The van der Waals surface area contributed by atoms with Crippen LogP contribution in [0.25, 0.3) is 11.1 Å². The number of alkyl carbamates (subject to hydrolysis) is 1. The molecule has 2 aliphatic rings. The normalized spacial score (nSPS) is 17.9. The zero-order valence-electron chi connectivity index (χ0n) is 31.5. The van der Waals surface area contributed by atoms with Gasteiger partial charge in [0.05, 0.1) is 12.6 Å². The number of carbonyl (C=O) groups is 5. The third-order valence-corrected chi connectivity index (χ3v) is 10.3. The molecule has 3 aromatic carbocycles. The highest BCUT2D eigenvalue weighted by Crippen LogP contribution is 2.29. The summed E-state index contributed by atoms with van der Waals surface area (Å²) in [4.78, 5) is 76.8. The molecule has 0 saturated carbocycles.